The number of carbonyl (C=O) groups is 1. The van der Waals surface area contributed by atoms with Crippen LogP contribution in [0.5, 0.6) is 0 Å². The third kappa shape index (κ3) is 4.24. The van der Waals surface area contributed by atoms with Gasteiger partial charge in [0, 0.05) is 26.2 Å². The van der Waals surface area contributed by atoms with Gasteiger partial charge in [-0.15, -0.1) is 0 Å². The second kappa shape index (κ2) is 7.76. The molecule has 132 valence electrons. The number of aliphatic hydroxyl groups is 1. The quantitative estimate of drug-likeness (QED) is 0.878. The van der Waals surface area contributed by atoms with Gasteiger partial charge in [-0.25, -0.2) is 4.39 Å². The third-order valence-corrected chi connectivity index (χ3v) is 4.64. The Kier molecular flexibility index (Phi) is 5.46. The van der Waals surface area contributed by atoms with Crippen LogP contribution in [0, 0.1) is 12.7 Å². The van der Waals surface area contributed by atoms with Crippen molar-refractivity contribution < 1.29 is 14.3 Å². The van der Waals surface area contributed by atoms with E-state index in [2.05, 4.69) is 10.2 Å². The Morgan fingerprint density at radius 2 is 2.00 bits per heavy atom. The minimum absolute atomic E-state index is 0.0696. The molecule has 1 saturated heterocycles. The predicted molar refractivity (Wildman–Crippen MR) is 94.7 cm³/mol. The molecule has 1 aliphatic heterocycles. The van der Waals surface area contributed by atoms with Gasteiger partial charge < -0.3 is 10.4 Å². The maximum absolute atomic E-state index is 14.1. The molecule has 0 radical (unpaired) electrons. The molecule has 1 amide bonds. The fourth-order valence-electron chi connectivity index (χ4n) is 3.17. The molecule has 1 unspecified atom stereocenters. The molecule has 0 aliphatic carbocycles. The molecule has 0 saturated carbocycles. The highest BCUT2D eigenvalue weighted by Gasteiger charge is 2.21. The van der Waals surface area contributed by atoms with Gasteiger partial charge in [0.05, 0.1) is 11.7 Å². The van der Waals surface area contributed by atoms with Crippen molar-refractivity contribution in [2.45, 2.75) is 32.5 Å². The van der Waals surface area contributed by atoms with Crippen molar-refractivity contribution in [2.24, 2.45) is 0 Å². The van der Waals surface area contributed by atoms with Gasteiger partial charge in [-0.05, 0) is 36.1 Å². The van der Waals surface area contributed by atoms with Crippen molar-refractivity contribution in [3.05, 3.63) is 70.5 Å². The number of β-amino-alcohol motifs (C(OH)–C–C–N with tert-alkyl or cyclic N) is 1. The van der Waals surface area contributed by atoms with Crippen LogP contribution in [0.3, 0.4) is 0 Å². The molecule has 3 rings (SSSR count). The molecule has 5 heteroatoms. The molecule has 2 N–H and O–H groups in total. The van der Waals surface area contributed by atoms with E-state index in [1.807, 2.05) is 24.3 Å². The van der Waals surface area contributed by atoms with E-state index in [-0.39, 0.29) is 11.7 Å². The van der Waals surface area contributed by atoms with Gasteiger partial charge in [-0.3, -0.25) is 9.69 Å². The van der Waals surface area contributed by atoms with Crippen LogP contribution >= 0.6 is 0 Å². The van der Waals surface area contributed by atoms with Crippen molar-refractivity contribution in [3.8, 4) is 0 Å². The van der Waals surface area contributed by atoms with Crippen LogP contribution in [0.4, 0.5) is 4.39 Å². The lowest BCUT2D eigenvalue weighted by Gasteiger charge is -2.18. The number of aryl methyl sites for hydroxylation is 1. The first-order chi connectivity index (χ1) is 12.0. The summed E-state index contributed by atoms with van der Waals surface area (Å²) in [6.45, 7) is 4.28. The van der Waals surface area contributed by atoms with Crippen LogP contribution in [0.2, 0.25) is 0 Å². The summed E-state index contributed by atoms with van der Waals surface area (Å²) >= 11 is 0. The molecule has 0 bridgehead atoms. The van der Waals surface area contributed by atoms with Crippen molar-refractivity contribution in [1.29, 1.82) is 0 Å². The molecular weight excluding hydrogens is 319 g/mol. The Morgan fingerprint density at radius 1 is 1.24 bits per heavy atom. The average molecular weight is 342 g/mol. The SMILES string of the molecule is Cc1cccc(C(=O)NCc2ccccc2CN2CCC(O)C2)c1F. The smallest absolute Gasteiger partial charge is 0.254 e. The number of amides is 1. The number of likely N-dealkylation sites (tertiary alicyclic amines) is 1. The summed E-state index contributed by atoms with van der Waals surface area (Å²) in [5, 5.41) is 12.5. The number of benzene rings is 2. The normalized spacial score (nSPS) is 17.6. The van der Waals surface area contributed by atoms with E-state index < -0.39 is 11.7 Å². The molecule has 1 heterocycles. The summed E-state index contributed by atoms with van der Waals surface area (Å²) in [7, 11) is 0. The molecule has 1 aliphatic rings. The van der Waals surface area contributed by atoms with Gasteiger partial charge in [0.2, 0.25) is 0 Å². The molecule has 2 aromatic rings. The molecule has 0 aromatic heterocycles. The zero-order chi connectivity index (χ0) is 17.8. The van der Waals surface area contributed by atoms with Crippen LogP contribution in [0.1, 0.15) is 33.5 Å². The fourth-order valence-corrected chi connectivity index (χ4v) is 3.17. The van der Waals surface area contributed by atoms with E-state index in [0.717, 1.165) is 30.6 Å². The number of hydrogen-bond acceptors (Lipinski definition) is 3. The zero-order valence-electron chi connectivity index (χ0n) is 14.3. The highest BCUT2D eigenvalue weighted by atomic mass is 19.1. The van der Waals surface area contributed by atoms with E-state index in [0.29, 0.717) is 18.7 Å². The highest BCUT2D eigenvalue weighted by Crippen LogP contribution is 2.17. The number of aliphatic hydroxyl groups excluding tert-OH is 1. The number of nitrogens with one attached hydrogen (secondary N) is 1. The van der Waals surface area contributed by atoms with Gasteiger partial charge >= 0.3 is 0 Å². The zero-order valence-corrected chi connectivity index (χ0v) is 14.3. The van der Waals surface area contributed by atoms with Crippen LogP contribution in [-0.4, -0.2) is 35.1 Å². The monoisotopic (exact) mass is 342 g/mol. The predicted octanol–water partition coefficient (Wildman–Crippen LogP) is 2.63. The van der Waals surface area contributed by atoms with Crippen LogP contribution in [0.25, 0.3) is 0 Å². The summed E-state index contributed by atoms with van der Waals surface area (Å²) < 4.78 is 14.1. The summed E-state index contributed by atoms with van der Waals surface area (Å²) in [6, 6.07) is 12.7. The number of hydrogen-bond donors (Lipinski definition) is 2. The van der Waals surface area contributed by atoms with Gasteiger partial charge in [-0.2, -0.15) is 0 Å². The van der Waals surface area contributed by atoms with E-state index in [9.17, 15) is 14.3 Å². The first-order valence-electron chi connectivity index (χ1n) is 8.55. The first-order valence-corrected chi connectivity index (χ1v) is 8.55. The standard InChI is InChI=1S/C20H23FN2O2/c1-14-5-4-8-18(19(14)21)20(25)22-11-15-6-2-3-7-16(15)12-23-10-9-17(24)13-23/h2-8,17,24H,9-13H2,1H3,(H,22,25). The first kappa shape index (κ1) is 17.6. The average Bonchev–Trinajstić information content (AvgIpc) is 3.01. The molecule has 2 aromatic carbocycles. The van der Waals surface area contributed by atoms with Gasteiger partial charge in [-0.1, -0.05) is 36.4 Å². The van der Waals surface area contributed by atoms with Crippen molar-refractivity contribution in [3.63, 3.8) is 0 Å². The summed E-state index contributed by atoms with van der Waals surface area (Å²) in [5.41, 5.74) is 2.65. The largest absolute Gasteiger partial charge is 0.392 e. The highest BCUT2D eigenvalue weighted by molar-refractivity contribution is 5.94. The summed E-state index contributed by atoms with van der Waals surface area (Å²) in [5.74, 6) is -0.882. The molecule has 4 nitrogen and oxygen atoms in total. The lowest BCUT2D eigenvalue weighted by molar-refractivity contribution is 0.0946. The van der Waals surface area contributed by atoms with E-state index in [1.165, 1.54) is 6.07 Å². The lowest BCUT2D eigenvalue weighted by atomic mass is 10.1. The molecule has 1 atom stereocenters. The molecule has 25 heavy (non-hydrogen) atoms. The van der Waals surface area contributed by atoms with Gasteiger partial charge in [0.1, 0.15) is 5.82 Å². The Hall–Kier alpha value is -2.24. The molecular formula is C20H23FN2O2. The Labute approximate surface area is 147 Å². The van der Waals surface area contributed by atoms with Crippen LogP contribution < -0.4 is 5.32 Å². The molecule has 0 spiro atoms. The lowest BCUT2D eigenvalue weighted by Crippen LogP contribution is -2.26. The Morgan fingerprint density at radius 3 is 2.72 bits per heavy atom. The van der Waals surface area contributed by atoms with E-state index in [4.69, 9.17) is 0 Å². The Bertz CT molecular complexity index is 763. The maximum atomic E-state index is 14.1. The fraction of sp³-hybridized carbons (Fsp3) is 0.350. The van der Waals surface area contributed by atoms with E-state index in [1.54, 1.807) is 19.1 Å². The number of carbonyl (C=O) groups excluding carboxylic acids is 1. The summed E-state index contributed by atoms with van der Waals surface area (Å²) in [4.78, 5) is 14.5. The van der Waals surface area contributed by atoms with Crippen molar-refractivity contribution in [2.75, 3.05) is 13.1 Å². The second-order valence-corrected chi connectivity index (χ2v) is 6.57. The number of rotatable bonds is 5. The summed E-state index contributed by atoms with van der Waals surface area (Å²) in [6.07, 6.45) is 0.544. The second-order valence-electron chi connectivity index (χ2n) is 6.57. The minimum Gasteiger partial charge on any atom is -0.392 e. The van der Waals surface area contributed by atoms with Gasteiger partial charge in [0.15, 0.2) is 0 Å². The van der Waals surface area contributed by atoms with E-state index >= 15 is 0 Å². The van der Waals surface area contributed by atoms with Crippen LogP contribution in [0.15, 0.2) is 42.5 Å². The maximum Gasteiger partial charge on any atom is 0.254 e. The number of halogens is 1. The number of nitrogens with zero attached hydrogens (tertiary/aromatic N) is 1. The Balaban J connectivity index is 1.67. The van der Waals surface area contributed by atoms with Crippen LogP contribution in [-0.2, 0) is 13.1 Å². The molecule has 1 fully saturated rings. The van der Waals surface area contributed by atoms with Crippen molar-refractivity contribution >= 4 is 5.91 Å². The third-order valence-electron chi connectivity index (χ3n) is 4.64. The topological polar surface area (TPSA) is 52.6 Å². The minimum atomic E-state index is -0.473. The van der Waals surface area contributed by atoms with Crippen molar-refractivity contribution in [1.82, 2.24) is 10.2 Å². The van der Waals surface area contributed by atoms with Gasteiger partial charge in [0.25, 0.3) is 5.91 Å².